The van der Waals surface area contributed by atoms with Crippen LogP contribution in [0.5, 0.6) is 0 Å². The molecule has 5 nitrogen and oxygen atoms in total. The van der Waals surface area contributed by atoms with Gasteiger partial charge < -0.3 is 15.1 Å². The Labute approximate surface area is 202 Å². The Morgan fingerprint density at radius 2 is 1.71 bits per heavy atom. The van der Waals surface area contributed by atoms with Crippen LogP contribution in [0.3, 0.4) is 0 Å². The Bertz CT molecular complexity index is 881. The van der Waals surface area contributed by atoms with Gasteiger partial charge in [-0.25, -0.2) is 4.39 Å². The Balaban J connectivity index is 1.23. The molecule has 0 bridgehead atoms. The van der Waals surface area contributed by atoms with E-state index in [0.717, 1.165) is 82.9 Å². The molecule has 3 aliphatic rings. The van der Waals surface area contributed by atoms with Crippen molar-refractivity contribution in [1.82, 2.24) is 15.1 Å². The van der Waals surface area contributed by atoms with Crippen LogP contribution in [0, 0.1) is 17.7 Å². The summed E-state index contributed by atoms with van der Waals surface area (Å²) in [6.07, 6.45) is 8.40. The molecule has 0 spiro atoms. The number of alkyl halides is 2. The van der Waals surface area contributed by atoms with E-state index in [9.17, 15) is 22.8 Å². The minimum atomic E-state index is -3.29. The van der Waals surface area contributed by atoms with Crippen LogP contribution in [-0.4, -0.2) is 60.4 Å². The van der Waals surface area contributed by atoms with Gasteiger partial charge in [0, 0.05) is 42.7 Å². The minimum Gasteiger partial charge on any atom is -0.352 e. The summed E-state index contributed by atoms with van der Waals surface area (Å²) in [6.45, 7) is 4.04. The van der Waals surface area contributed by atoms with E-state index >= 15 is 0 Å². The summed E-state index contributed by atoms with van der Waals surface area (Å²) < 4.78 is 40.8. The van der Waals surface area contributed by atoms with Gasteiger partial charge in [-0.1, -0.05) is 22.1 Å². The molecule has 2 aliphatic heterocycles. The summed E-state index contributed by atoms with van der Waals surface area (Å²) >= 11 is 0. The molecule has 188 valence electrons. The van der Waals surface area contributed by atoms with Gasteiger partial charge in [-0.05, 0) is 75.7 Å². The third-order valence-corrected chi connectivity index (χ3v) is 7.97. The van der Waals surface area contributed by atoms with Crippen molar-refractivity contribution in [2.45, 2.75) is 63.1 Å². The maximum Gasteiger partial charge on any atom is 0.283 e. The molecule has 4 rings (SSSR count). The zero-order valence-corrected chi connectivity index (χ0v) is 20.7. The van der Waals surface area contributed by atoms with E-state index in [1.54, 1.807) is 0 Å². The molecule has 2 heterocycles. The highest BCUT2D eigenvalue weighted by Crippen LogP contribution is 2.35. The lowest BCUT2D eigenvalue weighted by Crippen LogP contribution is -2.47. The topological polar surface area (TPSA) is 52.7 Å². The molecule has 1 aromatic carbocycles. The fourth-order valence-electron chi connectivity index (χ4n) is 5.65. The number of hydrogen-bond acceptors (Lipinski definition) is 3. The number of amides is 2. The van der Waals surface area contributed by atoms with E-state index < -0.39 is 23.0 Å². The predicted octanol–water partition coefficient (Wildman–Crippen LogP) is 4.37. The smallest absolute Gasteiger partial charge is 0.283 e. The molecule has 3 fully saturated rings. The molecule has 1 unspecified atom stereocenters. The summed E-state index contributed by atoms with van der Waals surface area (Å²) in [4.78, 5) is 29.9. The highest BCUT2D eigenvalue weighted by Gasteiger charge is 2.35. The Morgan fingerprint density at radius 1 is 1.00 bits per heavy atom. The molecule has 1 N–H and O–H groups in total. The Hall–Kier alpha value is -1.66. The fourth-order valence-corrected chi connectivity index (χ4v) is 5.81. The first-order chi connectivity index (χ1) is 16.2. The number of nitrogens with one attached hydrogen (secondary N) is 1. The molecule has 1 aromatic rings. The number of hydrogen-bond donors (Lipinski definition) is 1. The normalized spacial score (nSPS) is 22.9. The van der Waals surface area contributed by atoms with Crippen LogP contribution in [0.25, 0.3) is 0 Å². The quantitative estimate of drug-likeness (QED) is 0.570. The van der Waals surface area contributed by atoms with Crippen LogP contribution in [0.2, 0.25) is 0 Å². The second-order valence-corrected chi connectivity index (χ2v) is 10.8. The van der Waals surface area contributed by atoms with E-state index in [4.69, 9.17) is 0 Å². The zero-order chi connectivity index (χ0) is 24.3. The number of likely N-dealkylation sites (tertiary alicyclic amines) is 2. The maximum atomic E-state index is 13.7. The monoisotopic (exact) mass is 497 g/mol. The van der Waals surface area contributed by atoms with Gasteiger partial charge in [-0.3, -0.25) is 9.59 Å². The number of halogens is 3. The van der Waals surface area contributed by atoms with E-state index in [1.165, 1.54) is 22.1 Å². The van der Waals surface area contributed by atoms with Crippen LogP contribution in [0.4, 0.5) is 13.2 Å². The standard InChI is InChI=1S/C25H35F3N3O2P/c26-21-13-19(12-20(14-21)25(27,28)34)23(32)29-15-17-7-10-30(11-8-17)16-22-6-3-9-31(22)24(33)18-4-1-2-5-18/h12-14,17-18,22H,1-11,15-16,34H2,(H,29,32)/t22-/m0/s1. The number of carbonyl (C=O) groups excluding carboxylic acids is 2. The number of nitrogens with zero attached hydrogens (tertiary/aromatic N) is 2. The first-order valence-electron chi connectivity index (χ1n) is 12.5. The maximum absolute atomic E-state index is 13.7. The molecule has 9 heteroatoms. The van der Waals surface area contributed by atoms with Crippen molar-refractivity contribution >= 4 is 21.1 Å². The predicted molar refractivity (Wildman–Crippen MR) is 128 cm³/mol. The fraction of sp³-hybridized carbons (Fsp3) is 0.680. The van der Waals surface area contributed by atoms with Gasteiger partial charge in [-0.15, -0.1) is 0 Å². The van der Waals surface area contributed by atoms with Crippen LogP contribution in [0.1, 0.15) is 67.3 Å². The highest BCUT2D eigenvalue weighted by atomic mass is 31.0. The lowest BCUT2D eigenvalue weighted by atomic mass is 9.96. The van der Waals surface area contributed by atoms with Crippen LogP contribution >= 0.6 is 9.24 Å². The molecule has 34 heavy (non-hydrogen) atoms. The summed E-state index contributed by atoms with van der Waals surface area (Å²) in [6, 6.07) is 3.07. The molecular formula is C25H35F3N3O2P. The molecule has 0 radical (unpaired) electrons. The number of benzene rings is 1. The first-order valence-corrected chi connectivity index (χ1v) is 13.1. The third kappa shape index (κ3) is 6.31. The zero-order valence-electron chi connectivity index (χ0n) is 19.6. The van der Waals surface area contributed by atoms with Crippen molar-refractivity contribution in [3.05, 3.63) is 35.1 Å². The second-order valence-electron chi connectivity index (χ2n) is 10.1. The van der Waals surface area contributed by atoms with E-state index in [1.807, 2.05) is 0 Å². The van der Waals surface area contributed by atoms with Crippen LogP contribution in [-0.2, 0) is 10.5 Å². The molecule has 2 atom stereocenters. The molecule has 1 saturated carbocycles. The molecule has 2 saturated heterocycles. The second kappa shape index (κ2) is 10.9. The third-order valence-electron chi connectivity index (χ3n) is 7.64. The van der Waals surface area contributed by atoms with Crippen LogP contribution in [0.15, 0.2) is 18.2 Å². The summed E-state index contributed by atoms with van der Waals surface area (Å²) in [7, 11) is 1.37. The highest BCUT2D eigenvalue weighted by molar-refractivity contribution is 7.17. The van der Waals surface area contributed by atoms with Crippen molar-refractivity contribution in [3.63, 3.8) is 0 Å². The van der Waals surface area contributed by atoms with E-state index in [2.05, 4.69) is 15.1 Å². The summed E-state index contributed by atoms with van der Waals surface area (Å²) in [5.74, 6) is -0.518. The SMILES string of the molecule is O=C(NCC1CCN(C[C@@H]2CCCN2C(=O)C2CCCC2)CC1)c1cc(F)cc(C(F)(F)P)c1. The van der Waals surface area contributed by atoms with Gasteiger partial charge in [0.25, 0.3) is 11.6 Å². The summed E-state index contributed by atoms with van der Waals surface area (Å²) in [5, 5.41) is 2.79. The van der Waals surface area contributed by atoms with Gasteiger partial charge in [0.2, 0.25) is 5.91 Å². The molecule has 1 aliphatic carbocycles. The number of carbonyl (C=O) groups is 2. The molecule has 0 aromatic heterocycles. The Morgan fingerprint density at radius 3 is 2.38 bits per heavy atom. The van der Waals surface area contributed by atoms with E-state index in [0.29, 0.717) is 18.5 Å². The van der Waals surface area contributed by atoms with Crippen molar-refractivity contribution in [2.75, 3.05) is 32.7 Å². The molecular weight excluding hydrogens is 462 g/mol. The lowest BCUT2D eigenvalue weighted by Gasteiger charge is -2.36. The van der Waals surface area contributed by atoms with Gasteiger partial charge in [-0.2, -0.15) is 8.78 Å². The van der Waals surface area contributed by atoms with Crippen molar-refractivity contribution in [1.29, 1.82) is 0 Å². The van der Waals surface area contributed by atoms with Gasteiger partial charge in [0.05, 0.1) is 0 Å². The Kier molecular flexibility index (Phi) is 8.19. The average molecular weight is 498 g/mol. The minimum absolute atomic E-state index is 0.0946. The van der Waals surface area contributed by atoms with Gasteiger partial charge >= 0.3 is 0 Å². The molecule has 2 amide bonds. The van der Waals surface area contributed by atoms with Gasteiger partial charge in [0.15, 0.2) is 0 Å². The van der Waals surface area contributed by atoms with Crippen LogP contribution < -0.4 is 5.32 Å². The van der Waals surface area contributed by atoms with Crippen molar-refractivity contribution in [3.8, 4) is 0 Å². The lowest BCUT2D eigenvalue weighted by molar-refractivity contribution is -0.136. The largest absolute Gasteiger partial charge is 0.352 e. The van der Waals surface area contributed by atoms with Crippen molar-refractivity contribution in [2.24, 2.45) is 11.8 Å². The van der Waals surface area contributed by atoms with Gasteiger partial charge in [0.1, 0.15) is 5.82 Å². The summed E-state index contributed by atoms with van der Waals surface area (Å²) in [5.41, 5.74) is -3.92. The number of rotatable bonds is 7. The average Bonchev–Trinajstić information content (AvgIpc) is 3.49. The van der Waals surface area contributed by atoms with Crippen molar-refractivity contribution < 1.29 is 22.8 Å². The van der Waals surface area contributed by atoms with E-state index in [-0.39, 0.29) is 17.4 Å². The number of piperidine rings is 1. The first kappa shape index (κ1) is 25.4.